The van der Waals surface area contributed by atoms with Crippen LogP contribution in [0, 0.1) is 5.92 Å². The lowest BCUT2D eigenvalue weighted by atomic mass is 10.2. The van der Waals surface area contributed by atoms with Gasteiger partial charge in [0.05, 0.1) is 12.7 Å². The molecule has 1 fully saturated rings. The number of para-hydroxylation sites is 1. The van der Waals surface area contributed by atoms with Crippen molar-refractivity contribution < 1.29 is 14.2 Å². The quantitative estimate of drug-likeness (QED) is 0.695. The van der Waals surface area contributed by atoms with Gasteiger partial charge in [0.15, 0.2) is 0 Å². The second kappa shape index (κ2) is 9.48. The normalized spacial score (nSPS) is 16.7. The zero-order valence-corrected chi connectivity index (χ0v) is 15.7. The Labute approximate surface area is 156 Å². The van der Waals surface area contributed by atoms with Crippen LogP contribution in [0.4, 0.5) is 5.69 Å². The molecule has 0 radical (unpaired) electrons. The summed E-state index contributed by atoms with van der Waals surface area (Å²) in [4.78, 5) is 0. The van der Waals surface area contributed by atoms with Gasteiger partial charge in [-0.3, -0.25) is 0 Å². The standard InChI is InChI=1S/C22H29NO3/c1-17(2)15-26-22-11-4-3-7-18(22)14-23-19-8-5-9-20(13-19)25-16-21-10-6-12-24-21/h3-5,7-9,11,13,17,21,23H,6,10,12,14-16H2,1-2H3. The average molecular weight is 355 g/mol. The second-order valence-electron chi connectivity index (χ2n) is 7.14. The van der Waals surface area contributed by atoms with Crippen molar-refractivity contribution in [2.45, 2.75) is 39.3 Å². The molecule has 0 bridgehead atoms. The summed E-state index contributed by atoms with van der Waals surface area (Å²) >= 11 is 0. The summed E-state index contributed by atoms with van der Waals surface area (Å²) in [5.74, 6) is 2.32. The van der Waals surface area contributed by atoms with Crippen LogP contribution in [-0.2, 0) is 11.3 Å². The fourth-order valence-corrected chi connectivity index (χ4v) is 2.91. The Bertz CT molecular complexity index is 681. The Kier molecular flexibility index (Phi) is 6.78. The first-order chi connectivity index (χ1) is 12.7. The number of anilines is 1. The molecule has 1 heterocycles. The lowest BCUT2D eigenvalue weighted by Gasteiger charge is -2.15. The summed E-state index contributed by atoms with van der Waals surface area (Å²) in [5, 5.41) is 3.47. The fraction of sp³-hybridized carbons (Fsp3) is 0.455. The lowest BCUT2D eigenvalue weighted by molar-refractivity contribution is 0.0680. The van der Waals surface area contributed by atoms with Crippen LogP contribution in [0.15, 0.2) is 48.5 Å². The molecule has 1 unspecified atom stereocenters. The molecular weight excluding hydrogens is 326 g/mol. The molecule has 0 saturated carbocycles. The first-order valence-electron chi connectivity index (χ1n) is 9.50. The first kappa shape index (κ1) is 18.6. The highest BCUT2D eigenvalue weighted by Crippen LogP contribution is 2.23. The Morgan fingerprint density at radius 3 is 2.81 bits per heavy atom. The molecule has 2 aromatic rings. The van der Waals surface area contributed by atoms with Crippen LogP contribution in [0.1, 0.15) is 32.3 Å². The van der Waals surface area contributed by atoms with E-state index in [-0.39, 0.29) is 6.10 Å². The van der Waals surface area contributed by atoms with Crippen molar-refractivity contribution in [3.05, 3.63) is 54.1 Å². The van der Waals surface area contributed by atoms with Crippen LogP contribution in [0.5, 0.6) is 11.5 Å². The van der Waals surface area contributed by atoms with Gasteiger partial charge in [0.25, 0.3) is 0 Å². The van der Waals surface area contributed by atoms with E-state index in [0.29, 0.717) is 19.1 Å². The van der Waals surface area contributed by atoms with E-state index in [9.17, 15) is 0 Å². The molecule has 140 valence electrons. The lowest BCUT2D eigenvalue weighted by Crippen LogP contribution is -2.16. The number of hydrogen-bond acceptors (Lipinski definition) is 4. The Balaban J connectivity index is 1.55. The van der Waals surface area contributed by atoms with Crippen molar-refractivity contribution in [3.63, 3.8) is 0 Å². The van der Waals surface area contributed by atoms with Crippen molar-refractivity contribution in [1.29, 1.82) is 0 Å². The van der Waals surface area contributed by atoms with Gasteiger partial charge in [0.2, 0.25) is 0 Å². The summed E-state index contributed by atoms with van der Waals surface area (Å²) in [6.07, 6.45) is 2.45. The fourth-order valence-electron chi connectivity index (χ4n) is 2.91. The molecule has 1 saturated heterocycles. The minimum Gasteiger partial charge on any atom is -0.493 e. The highest BCUT2D eigenvalue weighted by molar-refractivity contribution is 5.49. The molecule has 4 nitrogen and oxygen atoms in total. The van der Waals surface area contributed by atoms with E-state index in [2.05, 4.69) is 31.3 Å². The van der Waals surface area contributed by atoms with Crippen LogP contribution >= 0.6 is 0 Å². The second-order valence-corrected chi connectivity index (χ2v) is 7.14. The number of hydrogen-bond donors (Lipinski definition) is 1. The summed E-state index contributed by atoms with van der Waals surface area (Å²) < 4.78 is 17.4. The maximum atomic E-state index is 5.93. The minimum atomic E-state index is 0.233. The maximum Gasteiger partial charge on any atom is 0.124 e. The highest BCUT2D eigenvalue weighted by atomic mass is 16.5. The number of ether oxygens (including phenoxy) is 3. The van der Waals surface area contributed by atoms with E-state index < -0.39 is 0 Å². The van der Waals surface area contributed by atoms with Crippen LogP contribution in [0.25, 0.3) is 0 Å². The Morgan fingerprint density at radius 1 is 1.12 bits per heavy atom. The molecule has 1 aliphatic heterocycles. The van der Waals surface area contributed by atoms with Crippen LogP contribution in [-0.4, -0.2) is 25.9 Å². The summed E-state index contributed by atoms with van der Waals surface area (Å²) in [7, 11) is 0. The van der Waals surface area contributed by atoms with Crippen molar-refractivity contribution in [1.82, 2.24) is 0 Å². The van der Waals surface area contributed by atoms with Gasteiger partial charge in [-0.2, -0.15) is 0 Å². The van der Waals surface area contributed by atoms with Gasteiger partial charge in [0, 0.05) is 30.5 Å². The Morgan fingerprint density at radius 2 is 2.00 bits per heavy atom. The predicted octanol–water partition coefficient (Wildman–Crippen LogP) is 4.89. The molecule has 3 rings (SSSR count). The van der Waals surface area contributed by atoms with Gasteiger partial charge in [-0.05, 0) is 37.0 Å². The van der Waals surface area contributed by atoms with E-state index in [4.69, 9.17) is 14.2 Å². The number of rotatable bonds is 9. The minimum absolute atomic E-state index is 0.233. The van der Waals surface area contributed by atoms with Crippen LogP contribution < -0.4 is 14.8 Å². The van der Waals surface area contributed by atoms with Crippen molar-refractivity contribution >= 4 is 5.69 Å². The molecule has 0 spiro atoms. The van der Waals surface area contributed by atoms with Gasteiger partial charge in [-0.1, -0.05) is 38.1 Å². The third-order valence-corrected chi connectivity index (χ3v) is 4.32. The van der Waals surface area contributed by atoms with Crippen molar-refractivity contribution in [3.8, 4) is 11.5 Å². The highest BCUT2D eigenvalue weighted by Gasteiger charge is 2.16. The molecule has 26 heavy (non-hydrogen) atoms. The molecule has 0 aromatic heterocycles. The predicted molar refractivity (Wildman–Crippen MR) is 105 cm³/mol. The summed E-state index contributed by atoms with van der Waals surface area (Å²) in [6.45, 7) is 7.22. The third-order valence-electron chi connectivity index (χ3n) is 4.32. The SMILES string of the molecule is CC(C)COc1ccccc1CNc1cccc(OCC2CCCO2)c1. The average Bonchev–Trinajstić information content (AvgIpc) is 3.17. The number of nitrogens with one attached hydrogen (secondary N) is 1. The largest absolute Gasteiger partial charge is 0.493 e. The molecular formula is C22H29NO3. The van der Waals surface area contributed by atoms with E-state index >= 15 is 0 Å². The van der Waals surface area contributed by atoms with Gasteiger partial charge in [0.1, 0.15) is 18.1 Å². The van der Waals surface area contributed by atoms with E-state index in [0.717, 1.165) is 48.8 Å². The van der Waals surface area contributed by atoms with E-state index in [1.807, 2.05) is 36.4 Å². The Hall–Kier alpha value is -2.20. The molecule has 1 N–H and O–H groups in total. The molecule has 1 aliphatic rings. The number of benzene rings is 2. The van der Waals surface area contributed by atoms with Crippen LogP contribution in [0.3, 0.4) is 0 Å². The third kappa shape index (κ3) is 5.67. The monoisotopic (exact) mass is 355 g/mol. The van der Waals surface area contributed by atoms with Gasteiger partial charge >= 0.3 is 0 Å². The van der Waals surface area contributed by atoms with Crippen LogP contribution in [0.2, 0.25) is 0 Å². The maximum absolute atomic E-state index is 5.93. The van der Waals surface area contributed by atoms with Gasteiger partial charge in [-0.25, -0.2) is 0 Å². The molecule has 0 aliphatic carbocycles. The first-order valence-corrected chi connectivity index (χ1v) is 9.50. The molecule has 2 aromatic carbocycles. The topological polar surface area (TPSA) is 39.7 Å². The van der Waals surface area contributed by atoms with Crippen molar-refractivity contribution in [2.75, 3.05) is 25.1 Å². The molecule has 1 atom stereocenters. The van der Waals surface area contributed by atoms with E-state index in [1.165, 1.54) is 0 Å². The smallest absolute Gasteiger partial charge is 0.124 e. The zero-order valence-electron chi connectivity index (χ0n) is 15.7. The zero-order chi connectivity index (χ0) is 18.2. The molecule has 4 heteroatoms. The van der Waals surface area contributed by atoms with E-state index in [1.54, 1.807) is 0 Å². The van der Waals surface area contributed by atoms with Crippen molar-refractivity contribution in [2.24, 2.45) is 5.92 Å². The summed E-state index contributed by atoms with van der Waals surface area (Å²) in [5.41, 5.74) is 2.19. The van der Waals surface area contributed by atoms with Gasteiger partial charge in [-0.15, -0.1) is 0 Å². The van der Waals surface area contributed by atoms with Gasteiger partial charge < -0.3 is 19.5 Å². The molecule has 0 amide bonds. The summed E-state index contributed by atoms with van der Waals surface area (Å²) in [6, 6.07) is 16.3.